The van der Waals surface area contributed by atoms with Gasteiger partial charge in [-0.15, -0.1) is 0 Å². The molecule has 0 spiro atoms. The molecular formula is C14H18O3. The molecule has 0 radical (unpaired) electrons. The smallest absolute Gasteiger partial charge is 0.128 e. The highest BCUT2D eigenvalue weighted by Crippen LogP contribution is 2.39. The second-order valence-corrected chi connectivity index (χ2v) is 4.29. The molecule has 0 aromatic heterocycles. The van der Waals surface area contributed by atoms with Crippen LogP contribution in [0.15, 0.2) is 30.4 Å². The Hall–Kier alpha value is -1.48. The highest BCUT2D eigenvalue weighted by molar-refractivity contribution is 5.46. The molecule has 0 bridgehead atoms. The molecule has 0 fully saturated rings. The van der Waals surface area contributed by atoms with Gasteiger partial charge in [0.15, 0.2) is 0 Å². The summed E-state index contributed by atoms with van der Waals surface area (Å²) in [6.45, 7) is 0. The average molecular weight is 234 g/mol. The van der Waals surface area contributed by atoms with Crippen LogP contribution in [-0.4, -0.2) is 19.3 Å². The van der Waals surface area contributed by atoms with Crippen LogP contribution in [0, 0.1) is 0 Å². The van der Waals surface area contributed by atoms with Crippen molar-refractivity contribution in [2.75, 3.05) is 14.2 Å². The summed E-state index contributed by atoms with van der Waals surface area (Å²) in [4.78, 5) is 0. The molecule has 0 heterocycles. The van der Waals surface area contributed by atoms with E-state index in [9.17, 15) is 5.11 Å². The molecule has 0 amide bonds. The summed E-state index contributed by atoms with van der Waals surface area (Å²) in [7, 11) is 3.22. The Kier molecular flexibility index (Phi) is 3.38. The molecule has 17 heavy (non-hydrogen) atoms. The van der Waals surface area contributed by atoms with Crippen molar-refractivity contribution in [1.82, 2.24) is 0 Å². The highest BCUT2D eigenvalue weighted by atomic mass is 16.5. The Morgan fingerprint density at radius 1 is 1.24 bits per heavy atom. The van der Waals surface area contributed by atoms with Gasteiger partial charge in [0.05, 0.1) is 14.2 Å². The van der Waals surface area contributed by atoms with E-state index in [0.717, 1.165) is 30.6 Å². The van der Waals surface area contributed by atoms with E-state index in [1.54, 1.807) is 20.3 Å². The molecule has 1 atom stereocenters. The minimum Gasteiger partial charge on any atom is -0.497 e. The number of allylic oxidation sites excluding steroid dienone is 1. The minimum absolute atomic E-state index is 0.665. The van der Waals surface area contributed by atoms with Crippen LogP contribution in [0.4, 0.5) is 0 Å². The first kappa shape index (κ1) is 12.0. The molecule has 1 aromatic carbocycles. The predicted molar refractivity (Wildman–Crippen MR) is 66.4 cm³/mol. The normalized spacial score (nSPS) is 23.5. The Bertz CT molecular complexity index is 425. The molecule has 0 saturated carbocycles. The van der Waals surface area contributed by atoms with Crippen LogP contribution in [0.5, 0.6) is 11.5 Å². The Balaban J connectivity index is 2.43. The molecule has 3 nitrogen and oxygen atoms in total. The van der Waals surface area contributed by atoms with Crippen molar-refractivity contribution >= 4 is 0 Å². The standard InChI is InChI=1S/C14H18O3/c1-16-11-6-7-12(13(10-11)17-2)14(15)8-4-3-5-9-14/h4,6-8,10,15H,3,5,9H2,1-2H3. The molecule has 1 unspecified atom stereocenters. The molecule has 92 valence electrons. The van der Waals surface area contributed by atoms with Gasteiger partial charge in [0.25, 0.3) is 0 Å². The largest absolute Gasteiger partial charge is 0.497 e. The fourth-order valence-electron chi connectivity index (χ4n) is 2.23. The van der Waals surface area contributed by atoms with Crippen LogP contribution in [0.3, 0.4) is 0 Å². The minimum atomic E-state index is -0.907. The summed E-state index contributed by atoms with van der Waals surface area (Å²) in [5.41, 5.74) is -0.104. The third-order valence-electron chi connectivity index (χ3n) is 3.20. The van der Waals surface area contributed by atoms with E-state index in [0.29, 0.717) is 5.75 Å². The third kappa shape index (κ3) is 2.29. The summed E-state index contributed by atoms with van der Waals surface area (Å²) in [6, 6.07) is 5.52. The first-order valence-corrected chi connectivity index (χ1v) is 5.82. The fraction of sp³-hybridized carbons (Fsp3) is 0.429. The van der Waals surface area contributed by atoms with Gasteiger partial charge in [-0.1, -0.05) is 12.2 Å². The summed E-state index contributed by atoms with van der Waals surface area (Å²) >= 11 is 0. The lowest BCUT2D eigenvalue weighted by molar-refractivity contribution is 0.0698. The van der Waals surface area contributed by atoms with E-state index in [2.05, 4.69) is 0 Å². The van der Waals surface area contributed by atoms with Crippen molar-refractivity contribution < 1.29 is 14.6 Å². The van der Waals surface area contributed by atoms with Crippen LogP contribution >= 0.6 is 0 Å². The van der Waals surface area contributed by atoms with Crippen molar-refractivity contribution in [3.05, 3.63) is 35.9 Å². The van der Waals surface area contributed by atoms with Gasteiger partial charge in [0.1, 0.15) is 17.1 Å². The number of rotatable bonds is 3. The SMILES string of the molecule is COc1ccc(C2(O)C=CCCC2)c(OC)c1. The molecule has 1 aliphatic rings. The number of hydrogen-bond acceptors (Lipinski definition) is 3. The van der Waals surface area contributed by atoms with Crippen molar-refractivity contribution in [2.45, 2.75) is 24.9 Å². The summed E-state index contributed by atoms with van der Waals surface area (Å²) in [5.74, 6) is 1.40. The zero-order valence-corrected chi connectivity index (χ0v) is 10.3. The molecule has 2 rings (SSSR count). The zero-order valence-electron chi connectivity index (χ0n) is 10.3. The number of methoxy groups -OCH3 is 2. The lowest BCUT2D eigenvalue weighted by atomic mass is 9.84. The van der Waals surface area contributed by atoms with E-state index < -0.39 is 5.60 Å². The predicted octanol–water partition coefficient (Wildman–Crippen LogP) is 2.63. The van der Waals surface area contributed by atoms with Gasteiger partial charge in [-0.3, -0.25) is 0 Å². The van der Waals surface area contributed by atoms with Crippen LogP contribution < -0.4 is 9.47 Å². The van der Waals surface area contributed by atoms with Gasteiger partial charge in [0.2, 0.25) is 0 Å². The topological polar surface area (TPSA) is 38.7 Å². The lowest BCUT2D eigenvalue weighted by Gasteiger charge is -2.29. The second-order valence-electron chi connectivity index (χ2n) is 4.29. The second kappa shape index (κ2) is 4.80. The highest BCUT2D eigenvalue weighted by Gasteiger charge is 2.30. The Morgan fingerprint density at radius 2 is 2.06 bits per heavy atom. The number of ether oxygens (including phenoxy) is 2. The maximum absolute atomic E-state index is 10.6. The Morgan fingerprint density at radius 3 is 2.65 bits per heavy atom. The lowest BCUT2D eigenvalue weighted by Crippen LogP contribution is -2.25. The van der Waals surface area contributed by atoms with Gasteiger partial charge in [-0.05, 0) is 31.4 Å². The van der Waals surface area contributed by atoms with E-state index in [-0.39, 0.29) is 0 Å². The third-order valence-corrected chi connectivity index (χ3v) is 3.20. The van der Waals surface area contributed by atoms with E-state index in [1.807, 2.05) is 24.3 Å². The monoisotopic (exact) mass is 234 g/mol. The molecule has 1 N–H and O–H groups in total. The number of hydrogen-bond donors (Lipinski definition) is 1. The fourth-order valence-corrected chi connectivity index (χ4v) is 2.23. The zero-order chi connectivity index (χ0) is 12.3. The first-order chi connectivity index (χ1) is 8.19. The van der Waals surface area contributed by atoms with Gasteiger partial charge in [-0.25, -0.2) is 0 Å². The molecular weight excluding hydrogens is 216 g/mol. The molecule has 0 saturated heterocycles. The maximum Gasteiger partial charge on any atom is 0.128 e. The van der Waals surface area contributed by atoms with Gasteiger partial charge in [0, 0.05) is 11.6 Å². The number of benzene rings is 1. The maximum atomic E-state index is 10.6. The van der Waals surface area contributed by atoms with Gasteiger partial charge >= 0.3 is 0 Å². The van der Waals surface area contributed by atoms with Crippen molar-refractivity contribution in [3.8, 4) is 11.5 Å². The van der Waals surface area contributed by atoms with Gasteiger partial charge in [-0.2, -0.15) is 0 Å². The van der Waals surface area contributed by atoms with Crippen LogP contribution in [0.2, 0.25) is 0 Å². The van der Waals surface area contributed by atoms with Crippen molar-refractivity contribution in [2.24, 2.45) is 0 Å². The van der Waals surface area contributed by atoms with Crippen LogP contribution in [0.25, 0.3) is 0 Å². The Labute approximate surface area is 102 Å². The van der Waals surface area contributed by atoms with E-state index >= 15 is 0 Å². The van der Waals surface area contributed by atoms with Gasteiger partial charge < -0.3 is 14.6 Å². The summed E-state index contributed by atoms with van der Waals surface area (Å²) in [5, 5.41) is 10.6. The van der Waals surface area contributed by atoms with Crippen molar-refractivity contribution in [3.63, 3.8) is 0 Å². The molecule has 0 aliphatic heterocycles. The van der Waals surface area contributed by atoms with Crippen LogP contribution in [0.1, 0.15) is 24.8 Å². The van der Waals surface area contributed by atoms with E-state index in [4.69, 9.17) is 9.47 Å². The number of aliphatic hydroxyl groups is 1. The summed E-state index contributed by atoms with van der Waals surface area (Å²) < 4.78 is 10.5. The van der Waals surface area contributed by atoms with E-state index in [1.165, 1.54) is 0 Å². The molecule has 1 aliphatic carbocycles. The van der Waals surface area contributed by atoms with Crippen molar-refractivity contribution in [1.29, 1.82) is 0 Å². The van der Waals surface area contributed by atoms with Crippen LogP contribution in [-0.2, 0) is 5.60 Å². The summed E-state index contributed by atoms with van der Waals surface area (Å²) in [6.07, 6.45) is 6.63. The average Bonchev–Trinajstić information content (AvgIpc) is 2.38. The molecule has 1 aromatic rings. The quantitative estimate of drug-likeness (QED) is 0.817. The first-order valence-electron chi connectivity index (χ1n) is 5.82. The molecule has 3 heteroatoms.